The lowest BCUT2D eigenvalue weighted by Crippen LogP contribution is -2.29. The predicted molar refractivity (Wildman–Crippen MR) is 125 cm³/mol. The molecule has 0 radical (unpaired) electrons. The van der Waals surface area contributed by atoms with Gasteiger partial charge in [0, 0.05) is 42.2 Å². The number of alkyl halides is 3. The van der Waals surface area contributed by atoms with Crippen LogP contribution in [-0.2, 0) is 6.18 Å². The van der Waals surface area contributed by atoms with Crippen molar-refractivity contribution in [3.05, 3.63) is 71.7 Å². The van der Waals surface area contributed by atoms with Gasteiger partial charge in [-0.15, -0.1) is 0 Å². The molecule has 0 aliphatic carbocycles. The van der Waals surface area contributed by atoms with Crippen LogP contribution in [-0.4, -0.2) is 38.3 Å². The summed E-state index contributed by atoms with van der Waals surface area (Å²) in [6, 6.07) is 5.25. The van der Waals surface area contributed by atoms with Gasteiger partial charge in [0.05, 0.1) is 5.56 Å². The van der Waals surface area contributed by atoms with Gasteiger partial charge in [0.25, 0.3) is 5.91 Å². The number of amides is 1. The zero-order valence-corrected chi connectivity index (χ0v) is 18.8. The fourth-order valence-electron chi connectivity index (χ4n) is 4.35. The molecule has 1 aliphatic heterocycles. The summed E-state index contributed by atoms with van der Waals surface area (Å²) in [6.45, 7) is 1.65. The number of anilines is 2. The van der Waals surface area contributed by atoms with Gasteiger partial charge in [-0.1, -0.05) is 0 Å². The normalized spacial score (nSPS) is 16.3. The third-order valence-corrected chi connectivity index (χ3v) is 6.09. The predicted octanol–water partition coefficient (Wildman–Crippen LogP) is 4.25. The average molecular weight is 499 g/mol. The lowest BCUT2D eigenvalue weighted by molar-refractivity contribution is -0.137. The molecule has 186 valence electrons. The second-order valence-corrected chi connectivity index (χ2v) is 8.47. The molecule has 4 aromatic rings. The van der Waals surface area contributed by atoms with Crippen molar-refractivity contribution in [2.24, 2.45) is 0 Å². The van der Waals surface area contributed by atoms with Crippen LogP contribution >= 0.6 is 0 Å². The van der Waals surface area contributed by atoms with E-state index < -0.39 is 23.5 Å². The molecule has 0 saturated carbocycles. The lowest BCUT2D eigenvalue weighted by Gasteiger charge is -2.21. The number of nitrogens with two attached hydrogens (primary N) is 1. The molecule has 3 aromatic heterocycles. The molecule has 5 rings (SSSR count). The minimum Gasteiger partial charge on any atom is -0.382 e. The molecule has 12 heteroatoms. The minimum absolute atomic E-state index is 0.0956. The van der Waals surface area contributed by atoms with Crippen molar-refractivity contribution >= 4 is 23.1 Å². The summed E-state index contributed by atoms with van der Waals surface area (Å²) in [7, 11) is 0. The number of hydrogen-bond acceptors (Lipinski definition) is 6. The highest BCUT2D eigenvalue weighted by Gasteiger charge is 2.31. The summed E-state index contributed by atoms with van der Waals surface area (Å²) in [5.74, 6) is -0.822. The Morgan fingerprint density at radius 3 is 2.72 bits per heavy atom. The van der Waals surface area contributed by atoms with Crippen LogP contribution in [0, 0.1) is 5.82 Å². The highest BCUT2D eigenvalue weighted by Crippen LogP contribution is 2.34. The molecule has 1 aliphatic rings. The van der Waals surface area contributed by atoms with Crippen LogP contribution in [0.3, 0.4) is 0 Å². The number of aromatic nitrogens is 4. The SMILES string of the molecule is Nc1nccn2c([C@@H]3CCCNC3)nc(-c3ccc(C(=O)Nc4cc(C(F)(F)F)ccn4)cc3F)c12. The fraction of sp³-hybridized carbons (Fsp3) is 0.250. The molecule has 36 heavy (non-hydrogen) atoms. The van der Waals surface area contributed by atoms with Crippen molar-refractivity contribution in [2.75, 3.05) is 24.1 Å². The first-order chi connectivity index (χ1) is 17.2. The Morgan fingerprint density at radius 2 is 2.00 bits per heavy atom. The summed E-state index contributed by atoms with van der Waals surface area (Å²) in [4.78, 5) is 25.2. The second kappa shape index (κ2) is 9.19. The molecular weight excluding hydrogens is 478 g/mol. The van der Waals surface area contributed by atoms with Gasteiger partial charge in [-0.05, 0) is 49.7 Å². The van der Waals surface area contributed by atoms with E-state index >= 15 is 4.39 Å². The molecule has 1 fully saturated rings. The van der Waals surface area contributed by atoms with Crippen LogP contribution in [0.5, 0.6) is 0 Å². The van der Waals surface area contributed by atoms with Crippen molar-refractivity contribution < 1.29 is 22.4 Å². The van der Waals surface area contributed by atoms with E-state index in [1.54, 1.807) is 12.4 Å². The molecule has 0 bridgehead atoms. The van der Waals surface area contributed by atoms with Crippen LogP contribution < -0.4 is 16.4 Å². The standard InChI is InChI=1S/C24H21F4N7O/c25-17-10-13(23(36)33-18-11-15(5-7-31-18)24(26,27)28)3-4-16(17)19-20-21(29)32-8-9-35(20)22(34-19)14-2-1-6-30-12-14/h3-5,7-11,14,30H,1-2,6,12H2,(H2,29,32)(H,31,33,36)/t14-/m1/s1. The lowest BCUT2D eigenvalue weighted by atomic mass is 9.99. The molecule has 1 atom stereocenters. The fourth-order valence-corrected chi connectivity index (χ4v) is 4.35. The maximum atomic E-state index is 15.3. The summed E-state index contributed by atoms with van der Waals surface area (Å²) in [5, 5.41) is 5.61. The van der Waals surface area contributed by atoms with Crippen molar-refractivity contribution in [1.82, 2.24) is 24.7 Å². The number of rotatable bonds is 4. The van der Waals surface area contributed by atoms with E-state index in [9.17, 15) is 18.0 Å². The minimum atomic E-state index is -4.59. The second-order valence-electron chi connectivity index (χ2n) is 8.47. The Bertz CT molecular complexity index is 1440. The molecule has 8 nitrogen and oxygen atoms in total. The van der Waals surface area contributed by atoms with Crippen molar-refractivity contribution in [3.8, 4) is 11.3 Å². The number of piperidine rings is 1. The number of pyridine rings is 1. The zero-order valence-electron chi connectivity index (χ0n) is 18.8. The van der Waals surface area contributed by atoms with E-state index in [0.29, 0.717) is 17.3 Å². The van der Waals surface area contributed by atoms with Gasteiger partial charge in [0.1, 0.15) is 34.5 Å². The van der Waals surface area contributed by atoms with Crippen LogP contribution in [0.2, 0.25) is 0 Å². The number of fused-ring (bicyclic) bond motifs is 1. The molecule has 1 amide bonds. The number of imidazole rings is 1. The maximum absolute atomic E-state index is 15.3. The van der Waals surface area contributed by atoms with E-state index in [-0.39, 0.29) is 28.7 Å². The Hall–Kier alpha value is -4.06. The Kier molecular flexibility index (Phi) is 6.04. The number of nitrogen functional groups attached to an aromatic ring is 1. The van der Waals surface area contributed by atoms with Gasteiger partial charge in [0.2, 0.25) is 0 Å². The van der Waals surface area contributed by atoms with E-state index in [1.807, 2.05) is 4.40 Å². The monoisotopic (exact) mass is 499 g/mol. The van der Waals surface area contributed by atoms with E-state index in [2.05, 4.69) is 20.6 Å². The van der Waals surface area contributed by atoms with Gasteiger partial charge < -0.3 is 16.4 Å². The van der Waals surface area contributed by atoms with Gasteiger partial charge in [0.15, 0.2) is 0 Å². The van der Waals surface area contributed by atoms with Crippen molar-refractivity contribution in [2.45, 2.75) is 24.9 Å². The smallest absolute Gasteiger partial charge is 0.382 e. The van der Waals surface area contributed by atoms with Crippen LogP contribution in [0.4, 0.5) is 29.2 Å². The quantitative estimate of drug-likeness (QED) is 0.362. The topological polar surface area (TPSA) is 110 Å². The van der Waals surface area contributed by atoms with E-state index in [4.69, 9.17) is 10.7 Å². The molecule has 4 heterocycles. The molecule has 1 saturated heterocycles. The van der Waals surface area contributed by atoms with E-state index in [0.717, 1.165) is 50.1 Å². The first-order valence-electron chi connectivity index (χ1n) is 11.2. The summed E-state index contributed by atoms with van der Waals surface area (Å²) in [6.07, 6.45) is 1.52. The maximum Gasteiger partial charge on any atom is 0.416 e. The Balaban J connectivity index is 1.47. The molecule has 4 N–H and O–H groups in total. The number of hydrogen-bond donors (Lipinski definition) is 3. The van der Waals surface area contributed by atoms with Crippen molar-refractivity contribution in [3.63, 3.8) is 0 Å². The van der Waals surface area contributed by atoms with E-state index in [1.165, 1.54) is 12.1 Å². The van der Waals surface area contributed by atoms with Gasteiger partial charge >= 0.3 is 6.18 Å². The number of carbonyl (C=O) groups excluding carboxylic acids is 1. The highest BCUT2D eigenvalue weighted by atomic mass is 19.4. The van der Waals surface area contributed by atoms with Crippen molar-refractivity contribution in [1.29, 1.82) is 0 Å². The number of benzene rings is 1. The number of halogens is 4. The molecule has 1 aromatic carbocycles. The summed E-state index contributed by atoms with van der Waals surface area (Å²) < 4.78 is 55.9. The third-order valence-electron chi connectivity index (χ3n) is 6.09. The Morgan fingerprint density at radius 1 is 1.17 bits per heavy atom. The van der Waals surface area contributed by atoms with Crippen LogP contribution in [0.15, 0.2) is 48.9 Å². The highest BCUT2D eigenvalue weighted by molar-refractivity contribution is 6.04. The number of carbonyl (C=O) groups is 1. The zero-order chi connectivity index (χ0) is 25.4. The van der Waals surface area contributed by atoms with Gasteiger partial charge in [-0.2, -0.15) is 13.2 Å². The third kappa shape index (κ3) is 4.47. The molecule has 0 unspecified atom stereocenters. The number of nitrogens with one attached hydrogen (secondary N) is 2. The first kappa shape index (κ1) is 23.7. The molecule has 0 spiro atoms. The first-order valence-corrected chi connectivity index (χ1v) is 11.2. The largest absolute Gasteiger partial charge is 0.416 e. The van der Waals surface area contributed by atoms with Crippen LogP contribution in [0.1, 0.15) is 40.5 Å². The van der Waals surface area contributed by atoms with Gasteiger partial charge in [-0.25, -0.2) is 19.3 Å². The van der Waals surface area contributed by atoms with Gasteiger partial charge in [-0.3, -0.25) is 9.20 Å². The summed E-state index contributed by atoms with van der Waals surface area (Å²) in [5.41, 5.74) is 5.95. The Labute approximate surface area is 202 Å². The van der Waals surface area contributed by atoms with Crippen LogP contribution in [0.25, 0.3) is 16.8 Å². The molecular formula is C24H21F4N7O. The average Bonchev–Trinajstić information content (AvgIpc) is 3.25. The number of nitrogens with zero attached hydrogens (tertiary/aromatic N) is 4. The summed E-state index contributed by atoms with van der Waals surface area (Å²) >= 11 is 0.